The Kier molecular flexibility index (Phi) is 3.87. The molecule has 2 aliphatic rings. The lowest BCUT2D eigenvalue weighted by atomic mass is 9.95. The van der Waals surface area contributed by atoms with Crippen LogP contribution < -0.4 is 5.32 Å². The number of hydrogen-bond donors (Lipinski definition) is 1. The molecular formula is C11H22N2O2S. The van der Waals surface area contributed by atoms with E-state index >= 15 is 0 Å². The van der Waals surface area contributed by atoms with Crippen molar-refractivity contribution >= 4 is 10.0 Å². The molecule has 16 heavy (non-hydrogen) atoms. The Morgan fingerprint density at radius 3 is 2.56 bits per heavy atom. The fraction of sp³-hybridized carbons (Fsp3) is 1.00. The quantitative estimate of drug-likeness (QED) is 0.796. The van der Waals surface area contributed by atoms with E-state index in [1.807, 2.05) is 6.92 Å². The fourth-order valence-electron chi connectivity index (χ4n) is 2.71. The summed E-state index contributed by atoms with van der Waals surface area (Å²) in [7, 11) is -2.92. The maximum absolute atomic E-state index is 11.8. The highest BCUT2D eigenvalue weighted by atomic mass is 32.2. The highest BCUT2D eigenvalue weighted by molar-refractivity contribution is 7.89. The summed E-state index contributed by atoms with van der Waals surface area (Å²) in [6.07, 6.45) is 3.43. The Hall–Kier alpha value is -0.130. The normalized spacial score (nSPS) is 31.9. The van der Waals surface area contributed by atoms with E-state index in [1.54, 1.807) is 4.31 Å². The highest BCUT2D eigenvalue weighted by Gasteiger charge is 2.33. The molecule has 0 saturated carbocycles. The zero-order valence-electron chi connectivity index (χ0n) is 9.98. The van der Waals surface area contributed by atoms with Gasteiger partial charge in [-0.1, -0.05) is 6.92 Å². The highest BCUT2D eigenvalue weighted by Crippen LogP contribution is 2.22. The van der Waals surface area contributed by atoms with Gasteiger partial charge in [0.1, 0.15) is 0 Å². The fourth-order valence-corrected chi connectivity index (χ4v) is 4.61. The molecule has 1 unspecified atom stereocenters. The van der Waals surface area contributed by atoms with Crippen molar-refractivity contribution < 1.29 is 8.42 Å². The lowest BCUT2D eigenvalue weighted by molar-refractivity contribution is 0.311. The molecule has 0 aromatic heterocycles. The molecule has 0 aromatic rings. The molecule has 2 fully saturated rings. The molecule has 94 valence electrons. The first kappa shape index (κ1) is 12.3. The van der Waals surface area contributed by atoms with Gasteiger partial charge in [-0.2, -0.15) is 0 Å². The summed E-state index contributed by atoms with van der Waals surface area (Å²) in [5, 5.41) is 3.33. The van der Waals surface area contributed by atoms with E-state index in [4.69, 9.17) is 0 Å². The molecule has 2 aliphatic heterocycles. The summed E-state index contributed by atoms with van der Waals surface area (Å²) in [6, 6.07) is 0. The van der Waals surface area contributed by atoms with Crippen molar-refractivity contribution in [1.29, 1.82) is 0 Å². The minimum Gasteiger partial charge on any atom is -0.317 e. The third kappa shape index (κ3) is 2.96. The van der Waals surface area contributed by atoms with Gasteiger partial charge in [-0.05, 0) is 44.2 Å². The van der Waals surface area contributed by atoms with Gasteiger partial charge >= 0.3 is 0 Å². The standard InChI is InChI=1S/C11H22N2O2S/c1-10-8-13(16(14,15)9-10)7-4-11-2-5-12-6-3-11/h10-12H,2-9H2,1H3. The Balaban J connectivity index is 1.81. The second kappa shape index (κ2) is 5.02. The zero-order chi connectivity index (χ0) is 11.6. The van der Waals surface area contributed by atoms with Crippen LogP contribution in [-0.2, 0) is 10.0 Å². The lowest BCUT2D eigenvalue weighted by Gasteiger charge is -2.24. The van der Waals surface area contributed by atoms with E-state index in [1.165, 1.54) is 12.8 Å². The molecule has 0 aliphatic carbocycles. The molecule has 2 saturated heterocycles. The average Bonchev–Trinajstić information content (AvgIpc) is 2.50. The van der Waals surface area contributed by atoms with E-state index in [0.29, 0.717) is 17.6 Å². The summed E-state index contributed by atoms with van der Waals surface area (Å²) in [5.74, 6) is 1.37. The molecule has 5 heteroatoms. The molecule has 0 amide bonds. The SMILES string of the molecule is CC1CN(CCC2CCNCC2)S(=O)(=O)C1. The Bertz CT molecular complexity index is 323. The van der Waals surface area contributed by atoms with E-state index in [-0.39, 0.29) is 0 Å². The number of sulfonamides is 1. The summed E-state index contributed by atoms with van der Waals surface area (Å²) in [6.45, 7) is 5.66. The molecule has 0 aromatic carbocycles. The summed E-state index contributed by atoms with van der Waals surface area (Å²) >= 11 is 0. The maximum Gasteiger partial charge on any atom is 0.214 e. The third-order valence-electron chi connectivity index (χ3n) is 3.65. The number of nitrogens with one attached hydrogen (secondary N) is 1. The smallest absolute Gasteiger partial charge is 0.214 e. The van der Waals surface area contributed by atoms with Crippen LogP contribution in [0.5, 0.6) is 0 Å². The van der Waals surface area contributed by atoms with Gasteiger partial charge in [0.05, 0.1) is 5.75 Å². The van der Waals surface area contributed by atoms with Crippen molar-refractivity contribution in [3.8, 4) is 0 Å². The van der Waals surface area contributed by atoms with Gasteiger partial charge in [0.2, 0.25) is 10.0 Å². The molecule has 2 rings (SSSR count). The van der Waals surface area contributed by atoms with Gasteiger partial charge in [-0.3, -0.25) is 0 Å². The van der Waals surface area contributed by atoms with Gasteiger partial charge < -0.3 is 5.32 Å². The van der Waals surface area contributed by atoms with Gasteiger partial charge in [0.25, 0.3) is 0 Å². The van der Waals surface area contributed by atoms with Crippen molar-refractivity contribution in [2.75, 3.05) is 31.9 Å². The minimum absolute atomic E-state index is 0.304. The summed E-state index contributed by atoms with van der Waals surface area (Å²) < 4.78 is 25.2. The number of hydrogen-bond acceptors (Lipinski definition) is 3. The van der Waals surface area contributed by atoms with Crippen molar-refractivity contribution in [3.05, 3.63) is 0 Å². The van der Waals surface area contributed by atoms with Crippen LogP contribution >= 0.6 is 0 Å². The average molecular weight is 246 g/mol. The zero-order valence-corrected chi connectivity index (χ0v) is 10.8. The van der Waals surface area contributed by atoms with Crippen LogP contribution in [0.3, 0.4) is 0 Å². The van der Waals surface area contributed by atoms with Crippen molar-refractivity contribution in [2.45, 2.75) is 26.2 Å². The van der Waals surface area contributed by atoms with Gasteiger partial charge in [0.15, 0.2) is 0 Å². The summed E-state index contributed by atoms with van der Waals surface area (Å²) in [5.41, 5.74) is 0. The van der Waals surface area contributed by atoms with Crippen molar-refractivity contribution in [2.24, 2.45) is 11.8 Å². The molecule has 0 spiro atoms. The van der Waals surface area contributed by atoms with Crippen molar-refractivity contribution in [1.82, 2.24) is 9.62 Å². The Labute approximate surface area is 98.4 Å². The first-order valence-electron chi connectivity index (χ1n) is 6.26. The largest absolute Gasteiger partial charge is 0.317 e. The second-order valence-corrected chi connectivity index (χ2v) is 7.24. The monoisotopic (exact) mass is 246 g/mol. The van der Waals surface area contributed by atoms with E-state index in [9.17, 15) is 8.42 Å². The van der Waals surface area contributed by atoms with Crippen LogP contribution in [0, 0.1) is 11.8 Å². The second-order valence-electron chi connectivity index (χ2n) is 5.22. The number of piperidine rings is 1. The molecule has 0 bridgehead atoms. The maximum atomic E-state index is 11.8. The van der Waals surface area contributed by atoms with Gasteiger partial charge in [0, 0.05) is 13.1 Å². The van der Waals surface area contributed by atoms with Crippen LogP contribution in [0.15, 0.2) is 0 Å². The number of rotatable bonds is 3. The minimum atomic E-state index is -2.92. The van der Waals surface area contributed by atoms with Gasteiger partial charge in [-0.15, -0.1) is 0 Å². The first-order valence-corrected chi connectivity index (χ1v) is 7.87. The first-order chi connectivity index (χ1) is 7.58. The summed E-state index contributed by atoms with van der Waals surface area (Å²) in [4.78, 5) is 0. The molecule has 1 atom stereocenters. The van der Waals surface area contributed by atoms with Crippen molar-refractivity contribution in [3.63, 3.8) is 0 Å². The Morgan fingerprint density at radius 2 is 2.00 bits per heavy atom. The molecule has 1 N–H and O–H groups in total. The molecule has 0 radical (unpaired) electrons. The topological polar surface area (TPSA) is 49.4 Å². The van der Waals surface area contributed by atoms with E-state index in [0.717, 1.165) is 32.6 Å². The van der Waals surface area contributed by atoms with E-state index < -0.39 is 10.0 Å². The lowest BCUT2D eigenvalue weighted by Crippen LogP contribution is -2.32. The van der Waals surface area contributed by atoms with Gasteiger partial charge in [-0.25, -0.2) is 12.7 Å². The Morgan fingerprint density at radius 1 is 1.31 bits per heavy atom. The molecule has 4 nitrogen and oxygen atoms in total. The van der Waals surface area contributed by atoms with E-state index in [2.05, 4.69) is 5.32 Å². The molecule has 2 heterocycles. The third-order valence-corrected chi connectivity index (χ3v) is 5.76. The van der Waals surface area contributed by atoms with Crippen LogP contribution in [0.2, 0.25) is 0 Å². The van der Waals surface area contributed by atoms with Crippen LogP contribution in [0.25, 0.3) is 0 Å². The van der Waals surface area contributed by atoms with Crippen LogP contribution in [0.1, 0.15) is 26.2 Å². The molecular weight excluding hydrogens is 224 g/mol. The van der Waals surface area contributed by atoms with Crippen LogP contribution in [0.4, 0.5) is 0 Å². The number of nitrogens with zero attached hydrogens (tertiary/aromatic N) is 1. The van der Waals surface area contributed by atoms with Crippen LogP contribution in [-0.4, -0.2) is 44.7 Å². The predicted molar refractivity (Wildman–Crippen MR) is 64.7 cm³/mol. The predicted octanol–water partition coefficient (Wildman–Crippen LogP) is 0.658.